The summed E-state index contributed by atoms with van der Waals surface area (Å²) < 4.78 is 23.4. The normalized spacial score (nSPS) is 11.8. The number of likely N-dealkylation sites (N-methyl/N-ethyl adjacent to an activating group) is 1. The molecule has 25 heavy (non-hydrogen) atoms. The van der Waals surface area contributed by atoms with Crippen LogP contribution < -0.4 is 10.1 Å². The zero-order valence-electron chi connectivity index (χ0n) is 14.7. The molecule has 1 aromatic heterocycles. The SMILES string of the molecule is CC[C@H](C)NC(=O)N(C)CCc1noc(COc2ccc(F)cc2)n1. The van der Waals surface area contributed by atoms with E-state index >= 15 is 0 Å². The minimum absolute atomic E-state index is 0.100. The molecule has 0 fully saturated rings. The molecule has 0 unspecified atom stereocenters. The number of halogens is 1. The van der Waals surface area contributed by atoms with Crippen molar-refractivity contribution in [1.29, 1.82) is 0 Å². The van der Waals surface area contributed by atoms with Crippen molar-refractivity contribution < 1.29 is 18.4 Å². The van der Waals surface area contributed by atoms with Crippen molar-refractivity contribution in [3.8, 4) is 5.75 Å². The minimum atomic E-state index is -0.325. The lowest BCUT2D eigenvalue weighted by Gasteiger charge is -2.20. The standard InChI is InChI=1S/C17H23FN4O3/c1-4-12(2)19-17(23)22(3)10-9-15-20-16(25-21-15)11-24-14-7-5-13(18)6-8-14/h5-8,12H,4,9-11H2,1-3H3,(H,19,23)/t12-/m0/s1. The van der Waals surface area contributed by atoms with Gasteiger partial charge in [-0.05, 0) is 37.6 Å². The molecule has 7 nitrogen and oxygen atoms in total. The van der Waals surface area contributed by atoms with E-state index in [0.29, 0.717) is 30.4 Å². The third kappa shape index (κ3) is 6.06. The van der Waals surface area contributed by atoms with Crippen LogP contribution in [0.3, 0.4) is 0 Å². The van der Waals surface area contributed by atoms with Gasteiger partial charge in [-0.25, -0.2) is 9.18 Å². The lowest BCUT2D eigenvalue weighted by molar-refractivity contribution is 0.205. The summed E-state index contributed by atoms with van der Waals surface area (Å²) >= 11 is 0. The van der Waals surface area contributed by atoms with Gasteiger partial charge in [-0.3, -0.25) is 0 Å². The summed E-state index contributed by atoms with van der Waals surface area (Å²) in [6, 6.07) is 5.69. The highest BCUT2D eigenvalue weighted by Crippen LogP contribution is 2.13. The van der Waals surface area contributed by atoms with Gasteiger partial charge in [-0.1, -0.05) is 12.1 Å². The van der Waals surface area contributed by atoms with Crippen LogP contribution in [-0.2, 0) is 13.0 Å². The van der Waals surface area contributed by atoms with Gasteiger partial charge in [-0.2, -0.15) is 4.98 Å². The number of aromatic nitrogens is 2. The molecular formula is C17H23FN4O3. The quantitative estimate of drug-likeness (QED) is 0.792. The Hall–Kier alpha value is -2.64. The maximum absolute atomic E-state index is 12.8. The molecule has 0 aliphatic heterocycles. The van der Waals surface area contributed by atoms with Crippen LogP contribution in [0.25, 0.3) is 0 Å². The van der Waals surface area contributed by atoms with Crippen LogP contribution in [0.15, 0.2) is 28.8 Å². The number of rotatable bonds is 8. The van der Waals surface area contributed by atoms with Gasteiger partial charge in [0.2, 0.25) is 0 Å². The molecule has 1 atom stereocenters. The second kappa shape index (κ2) is 9.00. The molecule has 2 rings (SSSR count). The summed E-state index contributed by atoms with van der Waals surface area (Å²) in [4.78, 5) is 17.7. The van der Waals surface area contributed by atoms with Crippen molar-refractivity contribution in [2.45, 2.75) is 39.3 Å². The third-order valence-electron chi connectivity index (χ3n) is 3.69. The highest BCUT2D eigenvalue weighted by atomic mass is 19.1. The molecule has 2 aromatic rings. The molecule has 1 heterocycles. The predicted octanol–water partition coefficient (Wildman–Crippen LogP) is 2.77. The second-order valence-electron chi connectivity index (χ2n) is 5.78. The van der Waals surface area contributed by atoms with Gasteiger partial charge in [0.25, 0.3) is 5.89 Å². The van der Waals surface area contributed by atoms with E-state index < -0.39 is 0 Å². The molecule has 0 aliphatic rings. The average Bonchev–Trinajstić information content (AvgIpc) is 3.06. The molecule has 136 valence electrons. The molecule has 1 aromatic carbocycles. The smallest absolute Gasteiger partial charge is 0.317 e. The highest BCUT2D eigenvalue weighted by molar-refractivity contribution is 5.74. The lowest BCUT2D eigenvalue weighted by atomic mass is 10.3. The molecule has 1 N–H and O–H groups in total. The Balaban J connectivity index is 1.77. The van der Waals surface area contributed by atoms with Gasteiger partial charge in [0, 0.05) is 26.1 Å². The summed E-state index contributed by atoms with van der Waals surface area (Å²) in [7, 11) is 1.72. The summed E-state index contributed by atoms with van der Waals surface area (Å²) in [6.45, 7) is 4.54. The summed E-state index contributed by atoms with van der Waals surface area (Å²) in [6.07, 6.45) is 1.35. The number of urea groups is 1. The number of amides is 2. The molecule has 0 radical (unpaired) electrons. The van der Waals surface area contributed by atoms with Crippen molar-refractivity contribution in [2.24, 2.45) is 0 Å². The monoisotopic (exact) mass is 350 g/mol. The van der Waals surface area contributed by atoms with Gasteiger partial charge in [0.05, 0.1) is 0 Å². The number of ether oxygens (including phenoxy) is 1. The van der Waals surface area contributed by atoms with Crippen LogP contribution in [-0.4, -0.2) is 40.7 Å². The van der Waals surface area contributed by atoms with Crippen molar-refractivity contribution >= 4 is 6.03 Å². The highest BCUT2D eigenvalue weighted by Gasteiger charge is 2.13. The first-order valence-corrected chi connectivity index (χ1v) is 8.19. The summed E-state index contributed by atoms with van der Waals surface area (Å²) in [5, 5.41) is 6.76. The van der Waals surface area contributed by atoms with E-state index in [1.165, 1.54) is 24.3 Å². The Kier molecular flexibility index (Phi) is 6.73. The van der Waals surface area contributed by atoms with E-state index in [9.17, 15) is 9.18 Å². The Morgan fingerprint density at radius 2 is 2.12 bits per heavy atom. The van der Waals surface area contributed by atoms with Gasteiger partial charge in [0.1, 0.15) is 11.6 Å². The maximum Gasteiger partial charge on any atom is 0.317 e. The number of nitrogens with zero attached hydrogens (tertiary/aromatic N) is 3. The lowest BCUT2D eigenvalue weighted by Crippen LogP contribution is -2.42. The largest absolute Gasteiger partial charge is 0.484 e. The number of nitrogens with one attached hydrogen (secondary N) is 1. The first-order valence-electron chi connectivity index (χ1n) is 8.19. The molecule has 0 spiro atoms. The maximum atomic E-state index is 12.8. The Bertz CT molecular complexity index is 675. The van der Waals surface area contributed by atoms with E-state index in [1.54, 1.807) is 11.9 Å². The predicted molar refractivity (Wildman–Crippen MR) is 89.6 cm³/mol. The summed E-state index contributed by atoms with van der Waals surface area (Å²) in [5.74, 6) is 1.02. The Morgan fingerprint density at radius 3 is 2.80 bits per heavy atom. The van der Waals surface area contributed by atoms with Gasteiger partial charge in [-0.15, -0.1) is 0 Å². The first-order chi connectivity index (χ1) is 12.0. The zero-order valence-corrected chi connectivity index (χ0v) is 14.7. The number of benzene rings is 1. The van der Waals surface area contributed by atoms with Gasteiger partial charge < -0.3 is 19.5 Å². The van der Waals surface area contributed by atoms with Gasteiger partial charge >= 0.3 is 6.03 Å². The van der Waals surface area contributed by atoms with Crippen LogP contribution >= 0.6 is 0 Å². The van der Waals surface area contributed by atoms with Crippen molar-refractivity contribution in [2.75, 3.05) is 13.6 Å². The van der Waals surface area contributed by atoms with Crippen LogP contribution in [0.5, 0.6) is 5.75 Å². The van der Waals surface area contributed by atoms with Crippen molar-refractivity contribution in [3.05, 3.63) is 41.8 Å². The number of hydrogen-bond donors (Lipinski definition) is 1. The fourth-order valence-corrected chi connectivity index (χ4v) is 1.92. The van der Waals surface area contributed by atoms with Crippen LogP contribution in [0, 0.1) is 5.82 Å². The molecule has 0 saturated heterocycles. The molecule has 0 bridgehead atoms. The topological polar surface area (TPSA) is 80.5 Å². The van der Waals surface area contributed by atoms with E-state index in [1.807, 2.05) is 13.8 Å². The van der Waals surface area contributed by atoms with Crippen LogP contribution in [0.1, 0.15) is 32.0 Å². The number of carbonyl (C=O) groups is 1. The van der Waals surface area contributed by atoms with E-state index in [4.69, 9.17) is 9.26 Å². The molecule has 0 saturated carbocycles. The number of carbonyl (C=O) groups excluding carboxylic acids is 1. The van der Waals surface area contributed by atoms with E-state index in [2.05, 4.69) is 15.5 Å². The van der Waals surface area contributed by atoms with Crippen LogP contribution in [0.2, 0.25) is 0 Å². The minimum Gasteiger partial charge on any atom is -0.484 e. The third-order valence-corrected chi connectivity index (χ3v) is 3.69. The van der Waals surface area contributed by atoms with Gasteiger partial charge in [0.15, 0.2) is 12.4 Å². The first kappa shape index (κ1) is 18.7. The fourth-order valence-electron chi connectivity index (χ4n) is 1.92. The summed E-state index contributed by atoms with van der Waals surface area (Å²) in [5.41, 5.74) is 0. The van der Waals surface area contributed by atoms with Crippen molar-refractivity contribution in [3.63, 3.8) is 0 Å². The molecule has 8 heteroatoms. The van der Waals surface area contributed by atoms with E-state index in [-0.39, 0.29) is 24.5 Å². The zero-order chi connectivity index (χ0) is 18.2. The average molecular weight is 350 g/mol. The molecule has 2 amide bonds. The molecular weight excluding hydrogens is 327 g/mol. The Morgan fingerprint density at radius 1 is 1.40 bits per heavy atom. The molecule has 0 aliphatic carbocycles. The number of hydrogen-bond acceptors (Lipinski definition) is 5. The Labute approximate surface area is 146 Å². The fraction of sp³-hybridized carbons (Fsp3) is 0.471. The second-order valence-corrected chi connectivity index (χ2v) is 5.78. The van der Waals surface area contributed by atoms with Crippen molar-refractivity contribution in [1.82, 2.24) is 20.4 Å². The van der Waals surface area contributed by atoms with E-state index in [0.717, 1.165) is 6.42 Å². The van der Waals surface area contributed by atoms with Crippen LogP contribution in [0.4, 0.5) is 9.18 Å².